The molecule has 0 heterocycles. The molecule has 1 aliphatic rings. The molecule has 20 heavy (non-hydrogen) atoms. The van der Waals surface area contributed by atoms with Gasteiger partial charge < -0.3 is 10.6 Å². The van der Waals surface area contributed by atoms with E-state index < -0.39 is 0 Å². The number of amides is 1. The van der Waals surface area contributed by atoms with Crippen molar-refractivity contribution in [2.45, 2.75) is 45.6 Å². The van der Waals surface area contributed by atoms with Gasteiger partial charge >= 0.3 is 0 Å². The van der Waals surface area contributed by atoms with Gasteiger partial charge in [-0.15, -0.1) is 0 Å². The predicted molar refractivity (Wildman–Crippen MR) is 82.7 cm³/mol. The lowest BCUT2D eigenvalue weighted by Gasteiger charge is -2.33. The fraction of sp³-hybridized carbons (Fsp3) is 0.588. The van der Waals surface area contributed by atoms with Crippen LogP contribution in [0.15, 0.2) is 24.3 Å². The fourth-order valence-corrected chi connectivity index (χ4v) is 3.01. The molecule has 2 unspecified atom stereocenters. The molecule has 0 radical (unpaired) electrons. The van der Waals surface area contributed by atoms with Gasteiger partial charge in [-0.3, -0.25) is 4.79 Å². The summed E-state index contributed by atoms with van der Waals surface area (Å²) >= 11 is 0. The molecule has 2 rings (SSSR count). The molecule has 3 nitrogen and oxygen atoms in total. The van der Waals surface area contributed by atoms with Gasteiger partial charge in [-0.1, -0.05) is 31.2 Å². The Morgan fingerprint density at radius 2 is 1.90 bits per heavy atom. The van der Waals surface area contributed by atoms with Crippen LogP contribution in [-0.4, -0.2) is 19.5 Å². The maximum absolute atomic E-state index is 11.9. The van der Waals surface area contributed by atoms with Gasteiger partial charge in [-0.2, -0.15) is 0 Å². The first-order valence-electron chi connectivity index (χ1n) is 7.50. The van der Waals surface area contributed by atoms with Gasteiger partial charge in [0.05, 0.1) is 5.41 Å². The third kappa shape index (κ3) is 3.04. The first kappa shape index (κ1) is 15.0. The highest BCUT2D eigenvalue weighted by Gasteiger charge is 2.29. The zero-order chi connectivity index (χ0) is 14.8. The molecular weight excluding hydrogens is 248 g/mol. The molecule has 2 N–H and O–H groups in total. The number of rotatable bonds is 4. The minimum absolute atomic E-state index is 0.0856. The lowest BCUT2D eigenvalue weighted by molar-refractivity contribution is -0.128. The molecule has 0 aromatic heterocycles. The van der Waals surface area contributed by atoms with Crippen molar-refractivity contribution >= 4 is 5.91 Å². The van der Waals surface area contributed by atoms with Crippen LogP contribution in [0, 0.1) is 5.41 Å². The van der Waals surface area contributed by atoms with E-state index in [1.807, 2.05) is 13.8 Å². The van der Waals surface area contributed by atoms with Crippen LogP contribution in [-0.2, 0) is 4.79 Å². The lowest BCUT2D eigenvalue weighted by atomic mass is 9.80. The largest absolute Gasteiger partial charge is 0.359 e. The molecule has 0 bridgehead atoms. The average molecular weight is 274 g/mol. The van der Waals surface area contributed by atoms with Crippen LogP contribution >= 0.6 is 0 Å². The second kappa shape index (κ2) is 5.96. The van der Waals surface area contributed by atoms with E-state index in [1.54, 1.807) is 7.05 Å². The number of hydrogen-bond donors (Lipinski definition) is 2. The molecule has 0 aliphatic heterocycles. The van der Waals surface area contributed by atoms with E-state index in [4.69, 9.17) is 0 Å². The summed E-state index contributed by atoms with van der Waals surface area (Å²) in [6.07, 6.45) is 2.34. The van der Waals surface area contributed by atoms with Crippen molar-refractivity contribution in [1.82, 2.24) is 10.6 Å². The highest BCUT2D eigenvalue weighted by atomic mass is 16.2. The van der Waals surface area contributed by atoms with Crippen molar-refractivity contribution in [2.24, 2.45) is 5.41 Å². The summed E-state index contributed by atoms with van der Waals surface area (Å²) in [5.74, 6) is 0.721. The normalized spacial score (nSPS) is 22.2. The standard InChI is InChI=1S/C17H26N2O/c1-12-9-10-15(14-8-6-5-7-13(12)14)19-11-17(2,3)16(20)18-4/h5-8,12,15,19H,9-11H2,1-4H3,(H,18,20). The molecule has 0 fully saturated rings. The molecule has 0 saturated carbocycles. The molecule has 1 aromatic carbocycles. The van der Waals surface area contributed by atoms with Crippen LogP contribution in [0.2, 0.25) is 0 Å². The Kier molecular flexibility index (Phi) is 4.48. The van der Waals surface area contributed by atoms with E-state index in [0.717, 1.165) is 6.42 Å². The third-order valence-corrected chi connectivity index (χ3v) is 4.42. The Labute approximate surface area is 122 Å². The van der Waals surface area contributed by atoms with Gasteiger partial charge in [0.2, 0.25) is 5.91 Å². The Bertz CT molecular complexity index is 482. The summed E-state index contributed by atoms with van der Waals surface area (Å²) in [5, 5.41) is 6.33. The smallest absolute Gasteiger partial charge is 0.226 e. The summed E-state index contributed by atoms with van der Waals surface area (Å²) < 4.78 is 0. The zero-order valence-corrected chi connectivity index (χ0v) is 13.0. The van der Waals surface area contributed by atoms with Gasteiger partial charge in [0, 0.05) is 19.6 Å². The highest BCUT2D eigenvalue weighted by Crippen LogP contribution is 2.37. The summed E-state index contributed by atoms with van der Waals surface area (Å²) in [6, 6.07) is 9.04. The molecule has 0 spiro atoms. The Balaban J connectivity index is 2.08. The van der Waals surface area contributed by atoms with Crippen molar-refractivity contribution in [2.75, 3.05) is 13.6 Å². The minimum atomic E-state index is -0.382. The quantitative estimate of drug-likeness (QED) is 0.886. The summed E-state index contributed by atoms with van der Waals surface area (Å²) in [7, 11) is 1.70. The van der Waals surface area contributed by atoms with E-state index in [9.17, 15) is 4.79 Å². The number of fused-ring (bicyclic) bond motifs is 1. The number of benzene rings is 1. The summed E-state index contributed by atoms with van der Waals surface area (Å²) in [4.78, 5) is 11.9. The molecule has 1 aliphatic carbocycles. The van der Waals surface area contributed by atoms with Gasteiger partial charge in [0.25, 0.3) is 0 Å². The second-order valence-electron chi connectivity index (χ2n) is 6.50. The van der Waals surface area contributed by atoms with Crippen molar-refractivity contribution in [1.29, 1.82) is 0 Å². The lowest BCUT2D eigenvalue weighted by Crippen LogP contribution is -2.43. The maximum atomic E-state index is 11.9. The first-order valence-corrected chi connectivity index (χ1v) is 7.50. The second-order valence-corrected chi connectivity index (χ2v) is 6.50. The molecule has 110 valence electrons. The van der Waals surface area contributed by atoms with Crippen LogP contribution in [0.1, 0.15) is 56.7 Å². The highest BCUT2D eigenvalue weighted by molar-refractivity contribution is 5.81. The average Bonchev–Trinajstić information content (AvgIpc) is 2.46. The van der Waals surface area contributed by atoms with Crippen molar-refractivity contribution in [3.05, 3.63) is 35.4 Å². The van der Waals surface area contributed by atoms with Crippen molar-refractivity contribution in [3.63, 3.8) is 0 Å². The minimum Gasteiger partial charge on any atom is -0.359 e. The Morgan fingerprint density at radius 3 is 2.55 bits per heavy atom. The summed E-state index contributed by atoms with van der Waals surface area (Å²) in [6.45, 7) is 6.95. The van der Waals surface area contributed by atoms with Crippen molar-refractivity contribution in [3.8, 4) is 0 Å². The van der Waals surface area contributed by atoms with Gasteiger partial charge in [0.1, 0.15) is 0 Å². The van der Waals surface area contributed by atoms with Crippen LogP contribution in [0.3, 0.4) is 0 Å². The summed E-state index contributed by atoms with van der Waals surface area (Å²) in [5.41, 5.74) is 2.47. The van der Waals surface area contributed by atoms with Gasteiger partial charge in [-0.05, 0) is 43.7 Å². The maximum Gasteiger partial charge on any atom is 0.226 e. The number of carbonyl (C=O) groups excluding carboxylic acids is 1. The Hall–Kier alpha value is -1.35. The fourth-order valence-electron chi connectivity index (χ4n) is 3.01. The predicted octanol–water partition coefficient (Wildman–Crippen LogP) is 2.99. The van der Waals surface area contributed by atoms with E-state index in [2.05, 4.69) is 41.8 Å². The first-order chi connectivity index (χ1) is 9.45. The van der Waals surface area contributed by atoms with Crippen LogP contribution in [0.4, 0.5) is 0 Å². The van der Waals surface area contributed by atoms with E-state index in [1.165, 1.54) is 17.5 Å². The van der Waals surface area contributed by atoms with Crippen LogP contribution < -0.4 is 10.6 Å². The van der Waals surface area contributed by atoms with Gasteiger partial charge in [0.15, 0.2) is 0 Å². The molecular formula is C17H26N2O. The SMILES string of the molecule is CNC(=O)C(C)(C)CNC1CCC(C)c2ccccc21. The monoisotopic (exact) mass is 274 g/mol. The topological polar surface area (TPSA) is 41.1 Å². The molecule has 1 aromatic rings. The van der Waals surface area contributed by atoms with Crippen molar-refractivity contribution < 1.29 is 4.79 Å². The number of hydrogen-bond acceptors (Lipinski definition) is 2. The van der Waals surface area contributed by atoms with E-state index in [-0.39, 0.29) is 11.3 Å². The van der Waals surface area contributed by atoms with Crippen LogP contribution in [0.5, 0.6) is 0 Å². The molecule has 3 heteroatoms. The number of nitrogens with one attached hydrogen (secondary N) is 2. The van der Waals surface area contributed by atoms with E-state index in [0.29, 0.717) is 18.5 Å². The molecule has 0 saturated heterocycles. The molecule has 2 atom stereocenters. The molecule has 1 amide bonds. The number of carbonyl (C=O) groups is 1. The Morgan fingerprint density at radius 1 is 1.25 bits per heavy atom. The van der Waals surface area contributed by atoms with E-state index >= 15 is 0 Å². The van der Waals surface area contributed by atoms with Gasteiger partial charge in [-0.25, -0.2) is 0 Å². The van der Waals surface area contributed by atoms with Crippen LogP contribution in [0.25, 0.3) is 0 Å². The third-order valence-electron chi connectivity index (χ3n) is 4.42. The zero-order valence-electron chi connectivity index (χ0n) is 13.0.